The Morgan fingerprint density at radius 3 is 2.61 bits per heavy atom. The molecule has 0 fully saturated rings. The maximum absolute atomic E-state index is 10.9. The maximum Gasteiger partial charge on any atom is 0.209 e. The van der Waals surface area contributed by atoms with Gasteiger partial charge in [-0.2, -0.15) is 0 Å². The van der Waals surface area contributed by atoms with Gasteiger partial charge in [0.15, 0.2) is 0 Å². The number of hydrogen-bond acceptors (Lipinski definition) is 3. The zero-order valence-electron chi connectivity index (χ0n) is 10.7. The van der Waals surface area contributed by atoms with E-state index in [0.717, 1.165) is 11.8 Å². The zero-order chi connectivity index (χ0) is 13.4. The highest BCUT2D eigenvalue weighted by Gasteiger charge is 2.03. The van der Waals surface area contributed by atoms with Gasteiger partial charge in [-0.3, -0.25) is 0 Å². The van der Waals surface area contributed by atoms with Crippen LogP contribution in [0, 0.1) is 0 Å². The molecule has 0 spiro atoms. The first-order valence-electron chi connectivity index (χ1n) is 5.73. The van der Waals surface area contributed by atoms with Crippen molar-refractivity contribution in [2.75, 3.05) is 12.9 Å². The molecule has 1 N–H and O–H groups in total. The summed E-state index contributed by atoms with van der Waals surface area (Å²) < 4.78 is 29.8. The molecule has 1 atom stereocenters. The molecule has 0 heterocycles. The molecule has 5 heteroatoms. The van der Waals surface area contributed by atoms with Crippen LogP contribution >= 0.6 is 0 Å². The van der Waals surface area contributed by atoms with Crippen molar-refractivity contribution in [1.82, 2.24) is 4.72 Å². The third-order valence-electron chi connectivity index (χ3n) is 2.15. The molecule has 0 aliphatic heterocycles. The Kier molecular flexibility index (Phi) is 6.04. The van der Waals surface area contributed by atoms with Gasteiger partial charge in [0, 0.05) is 6.04 Å². The average molecular weight is 269 g/mol. The molecule has 100 valence electrons. The Balaban J connectivity index is 2.22. The lowest BCUT2D eigenvalue weighted by atomic mass is 10.2. The largest absolute Gasteiger partial charge is 0.373 e. The van der Waals surface area contributed by atoms with Gasteiger partial charge in [-0.25, -0.2) is 13.1 Å². The van der Waals surface area contributed by atoms with Gasteiger partial charge in [0.05, 0.1) is 19.5 Å². The molecule has 1 aromatic carbocycles. The van der Waals surface area contributed by atoms with Crippen molar-refractivity contribution >= 4 is 10.0 Å². The lowest BCUT2D eigenvalue weighted by Gasteiger charge is -2.06. The van der Waals surface area contributed by atoms with Crippen molar-refractivity contribution in [3.05, 3.63) is 48.0 Å². The minimum Gasteiger partial charge on any atom is -0.373 e. The van der Waals surface area contributed by atoms with E-state index in [2.05, 4.69) is 4.72 Å². The van der Waals surface area contributed by atoms with Crippen LogP contribution in [0.4, 0.5) is 0 Å². The van der Waals surface area contributed by atoms with Crippen LogP contribution in [0.2, 0.25) is 0 Å². The summed E-state index contributed by atoms with van der Waals surface area (Å²) in [7, 11) is -3.15. The van der Waals surface area contributed by atoms with Gasteiger partial charge in [-0.1, -0.05) is 42.5 Å². The van der Waals surface area contributed by atoms with E-state index in [4.69, 9.17) is 4.74 Å². The molecule has 0 amide bonds. The van der Waals surface area contributed by atoms with E-state index >= 15 is 0 Å². The third-order valence-corrected chi connectivity index (χ3v) is 2.95. The number of hydrogen-bond donors (Lipinski definition) is 1. The van der Waals surface area contributed by atoms with Crippen LogP contribution in [0.1, 0.15) is 12.5 Å². The second-order valence-corrected chi connectivity index (χ2v) is 5.89. The topological polar surface area (TPSA) is 55.4 Å². The van der Waals surface area contributed by atoms with Crippen molar-refractivity contribution in [3.8, 4) is 0 Å². The van der Waals surface area contributed by atoms with Crippen LogP contribution in [0.25, 0.3) is 0 Å². The monoisotopic (exact) mass is 269 g/mol. The molecule has 0 unspecified atom stereocenters. The first kappa shape index (κ1) is 14.9. The van der Waals surface area contributed by atoms with E-state index in [9.17, 15) is 8.42 Å². The zero-order valence-corrected chi connectivity index (χ0v) is 11.5. The fourth-order valence-corrected chi connectivity index (χ4v) is 2.21. The molecule has 0 aliphatic rings. The van der Waals surface area contributed by atoms with E-state index in [0.29, 0.717) is 13.2 Å². The van der Waals surface area contributed by atoms with Gasteiger partial charge in [0.25, 0.3) is 0 Å². The van der Waals surface area contributed by atoms with Crippen LogP contribution in [-0.2, 0) is 21.4 Å². The molecule has 0 bridgehead atoms. The highest BCUT2D eigenvalue weighted by molar-refractivity contribution is 7.88. The highest BCUT2D eigenvalue weighted by atomic mass is 32.2. The van der Waals surface area contributed by atoms with E-state index in [1.165, 1.54) is 0 Å². The van der Waals surface area contributed by atoms with Gasteiger partial charge >= 0.3 is 0 Å². The summed E-state index contributed by atoms with van der Waals surface area (Å²) in [6.07, 6.45) is 4.72. The molecule has 0 saturated carbocycles. The van der Waals surface area contributed by atoms with Crippen LogP contribution in [0.5, 0.6) is 0 Å². The quantitative estimate of drug-likeness (QED) is 0.605. The summed E-state index contributed by atoms with van der Waals surface area (Å²) in [5.41, 5.74) is 1.12. The summed E-state index contributed by atoms with van der Waals surface area (Å²) in [6, 6.07) is 9.66. The van der Waals surface area contributed by atoms with Crippen molar-refractivity contribution in [2.45, 2.75) is 19.6 Å². The first-order chi connectivity index (χ1) is 8.47. The number of rotatable bonds is 7. The van der Waals surface area contributed by atoms with Crippen molar-refractivity contribution in [1.29, 1.82) is 0 Å². The lowest BCUT2D eigenvalue weighted by molar-refractivity contribution is 0.148. The van der Waals surface area contributed by atoms with Crippen LogP contribution in [-0.4, -0.2) is 27.3 Å². The van der Waals surface area contributed by atoms with Crippen LogP contribution in [0.15, 0.2) is 42.5 Å². The number of sulfonamides is 1. The number of ether oxygens (including phenoxy) is 1. The molecular formula is C13H19NO3S. The third kappa shape index (κ3) is 7.21. The molecule has 1 rings (SSSR count). The molecule has 18 heavy (non-hydrogen) atoms. The van der Waals surface area contributed by atoms with E-state index in [1.54, 1.807) is 13.0 Å². The molecule has 1 aromatic rings. The second kappa shape index (κ2) is 7.31. The SMILES string of the molecule is C[C@H](/C=C\COCc1ccccc1)NS(C)(=O)=O. The normalized spacial score (nSPS) is 13.9. The molecular weight excluding hydrogens is 250 g/mol. The minimum absolute atomic E-state index is 0.222. The Bertz CT molecular complexity index is 468. The highest BCUT2D eigenvalue weighted by Crippen LogP contribution is 2.00. The first-order valence-corrected chi connectivity index (χ1v) is 7.62. The molecule has 4 nitrogen and oxygen atoms in total. The van der Waals surface area contributed by atoms with Crippen molar-refractivity contribution < 1.29 is 13.2 Å². The maximum atomic E-state index is 10.9. The fraction of sp³-hybridized carbons (Fsp3) is 0.385. The number of nitrogens with one attached hydrogen (secondary N) is 1. The lowest BCUT2D eigenvalue weighted by Crippen LogP contribution is -2.29. The van der Waals surface area contributed by atoms with Gasteiger partial charge in [0.1, 0.15) is 0 Å². The van der Waals surface area contributed by atoms with E-state index in [-0.39, 0.29) is 6.04 Å². The smallest absolute Gasteiger partial charge is 0.209 e. The average Bonchev–Trinajstić information content (AvgIpc) is 2.27. The van der Waals surface area contributed by atoms with Crippen LogP contribution in [0.3, 0.4) is 0 Å². The van der Waals surface area contributed by atoms with Gasteiger partial charge in [-0.05, 0) is 12.5 Å². The molecule has 0 saturated heterocycles. The summed E-state index contributed by atoms with van der Waals surface area (Å²) in [4.78, 5) is 0. The predicted octanol–water partition coefficient (Wildman–Crippen LogP) is 1.70. The summed E-state index contributed by atoms with van der Waals surface area (Å²) in [5.74, 6) is 0. The summed E-state index contributed by atoms with van der Waals surface area (Å²) in [6.45, 7) is 2.79. The Morgan fingerprint density at radius 1 is 1.33 bits per heavy atom. The number of benzene rings is 1. The van der Waals surface area contributed by atoms with Crippen LogP contribution < -0.4 is 4.72 Å². The van der Waals surface area contributed by atoms with E-state index < -0.39 is 10.0 Å². The molecule has 0 radical (unpaired) electrons. The van der Waals surface area contributed by atoms with Gasteiger partial charge in [-0.15, -0.1) is 0 Å². The molecule has 0 aliphatic carbocycles. The minimum atomic E-state index is -3.15. The Hall–Kier alpha value is -1.17. The fourth-order valence-electron chi connectivity index (χ4n) is 1.46. The second-order valence-electron chi connectivity index (χ2n) is 4.11. The van der Waals surface area contributed by atoms with Crippen molar-refractivity contribution in [3.63, 3.8) is 0 Å². The van der Waals surface area contributed by atoms with Gasteiger partial charge in [0.2, 0.25) is 10.0 Å². The Labute approximate surface area is 109 Å². The summed E-state index contributed by atoms with van der Waals surface area (Å²) in [5, 5.41) is 0. The standard InChI is InChI=1S/C13H19NO3S/c1-12(14-18(2,15)16)7-6-10-17-11-13-8-4-3-5-9-13/h3-9,12,14H,10-11H2,1-2H3/b7-6-/t12-/m1/s1. The Morgan fingerprint density at radius 2 is 2.00 bits per heavy atom. The van der Waals surface area contributed by atoms with E-state index in [1.807, 2.05) is 36.4 Å². The summed E-state index contributed by atoms with van der Waals surface area (Å²) >= 11 is 0. The predicted molar refractivity (Wildman–Crippen MR) is 72.7 cm³/mol. The molecule has 0 aromatic heterocycles. The van der Waals surface area contributed by atoms with Crippen molar-refractivity contribution in [2.24, 2.45) is 0 Å². The van der Waals surface area contributed by atoms with Gasteiger partial charge < -0.3 is 4.74 Å².